The molecule has 0 amide bonds. The van der Waals surface area contributed by atoms with Crippen LogP contribution in [0.1, 0.15) is 5.56 Å². The molecule has 3 N–H and O–H groups in total. The minimum atomic E-state index is 0.0916. The lowest BCUT2D eigenvalue weighted by atomic mass is 10.1. The first-order chi connectivity index (χ1) is 7.70. The van der Waals surface area contributed by atoms with Gasteiger partial charge in [-0.05, 0) is 28.1 Å². The highest BCUT2D eigenvalue weighted by molar-refractivity contribution is 9.10. The number of amidine groups is 1. The lowest BCUT2D eigenvalue weighted by Gasteiger charge is -2.30. The minimum absolute atomic E-state index is 0.0916. The maximum absolute atomic E-state index is 7.63. The van der Waals surface area contributed by atoms with Gasteiger partial charge in [-0.1, -0.05) is 6.07 Å². The van der Waals surface area contributed by atoms with Crippen molar-refractivity contribution in [1.29, 1.82) is 5.41 Å². The van der Waals surface area contributed by atoms with Crippen molar-refractivity contribution in [2.24, 2.45) is 5.73 Å². The van der Waals surface area contributed by atoms with E-state index >= 15 is 0 Å². The van der Waals surface area contributed by atoms with Gasteiger partial charge < -0.3 is 15.4 Å². The summed E-state index contributed by atoms with van der Waals surface area (Å²) in [6.45, 7) is 3.14. The molecule has 86 valence electrons. The van der Waals surface area contributed by atoms with Gasteiger partial charge in [0.2, 0.25) is 0 Å². The summed E-state index contributed by atoms with van der Waals surface area (Å²) >= 11 is 3.44. The Bertz CT molecular complexity index is 402. The zero-order valence-electron chi connectivity index (χ0n) is 8.87. The Kier molecular flexibility index (Phi) is 3.46. The summed E-state index contributed by atoms with van der Waals surface area (Å²) in [5.41, 5.74) is 7.39. The van der Waals surface area contributed by atoms with Crippen molar-refractivity contribution in [1.82, 2.24) is 0 Å². The van der Waals surface area contributed by atoms with Crippen LogP contribution < -0.4 is 10.6 Å². The molecule has 0 unspecified atom stereocenters. The van der Waals surface area contributed by atoms with Crippen molar-refractivity contribution in [3.8, 4) is 0 Å². The van der Waals surface area contributed by atoms with Gasteiger partial charge in [0.15, 0.2) is 0 Å². The maximum atomic E-state index is 7.63. The normalized spacial score (nSPS) is 16.2. The summed E-state index contributed by atoms with van der Waals surface area (Å²) < 4.78 is 6.18. The molecular weight excluding hydrogens is 270 g/mol. The van der Waals surface area contributed by atoms with E-state index in [9.17, 15) is 0 Å². The first-order valence-electron chi connectivity index (χ1n) is 5.16. The zero-order chi connectivity index (χ0) is 11.5. The van der Waals surface area contributed by atoms with Gasteiger partial charge in [-0.2, -0.15) is 0 Å². The second-order valence-electron chi connectivity index (χ2n) is 3.65. The monoisotopic (exact) mass is 283 g/mol. The van der Waals surface area contributed by atoms with Crippen LogP contribution in [0.15, 0.2) is 22.7 Å². The lowest BCUT2D eigenvalue weighted by molar-refractivity contribution is 0.122. The van der Waals surface area contributed by atoms with E-state index in [-0.39, 0.29) is 5.84 Å². The number of halogens is 1. The number of nitrogen functional groups attached to an aromatic ring is 1. The average Bonchev–Trinajstić information content (AvgIpc) is 2.29. The largest absolute Gasteiger partial charge is 0.384 e. The second-order valence-corrected chi connectivity index (χ2v) is 4.50. The van der Waals surface area contributed by atoms with E-state index < -0.39 is 0 Å². The van der Waals surface area contributed by atoms with Crippen LogP contribution in [-0.2, 0) is 4.74 Å². The molecule has 0 spiro atoms. The zero-order valence-corrected chi connectivity index (χ0v) is 10.5. The van der Waals surface area contributed by atoms with E-state index in [1.807, 2.05) is 18.2 Å². The molecule has 1 fully saturated rings. The average molecular weight is 284 g/mol. The van der Waals surface area contributed by atoms with Crippen molar-refractivity contribution in [2.45, 2.75) is 0 Å². The Morgan fingerprint density at radius 2 is 2.06 bits per heavy atom. The van der Waals surface area contributed by atoms with Crippen LogP contribution in [0.2, 0.25) is 0 Å². The molecule has 5 heteroatoms. The van der Waals surface area contributed by atoms with E-state index in [4.69, 9.17) is 15.9 Å². The quantitative estimate of drug-likeness (QED) is 0.640. The molecule has 2 rings (SSSR count). The number of nitrogens with one attached hydrogen (secondary N) is 1. The van der Waals surface area contributed by atoms with Gasteiger partial charge in [0, 0.05) is 23.2 Å². The Morgan fingerprint density at radius 1 is 1.38 bits per heavy atom. The molecular formula is C11H14BrN3O. The third-order valence-corrected chi connectivity index (χ3v) is 3.27. The number of anilines is 1. The lowest BCUT2D eigenvalue weighted by Crippen LogP contribution is -2.37. The third-order valence-electron chi connectivity index (χ3n) is 2.61. The summed E-state index contributed by atoms with van der Waals surface area (Å²) in [7, 11) is 0. The molecule has 0 radical (unpaired) electrons. The number of hydrogen-bond donors (Lipinski definition) is 2. The minimum Gasteiger partial charge on any atom is -0.384 e. The van der Waals surface area contributed by atoms with Crippen LogP contribution in [-0.4, -0.2) is 32.1 Å². The van der Waals surface area contributed by atoms with Crippen LogP contribution in [0.4, 0.5) is 5.69 Å². The predicted octanol–water partition coefficient (Wildman–Crippen LogP) is 1.57. The number of nitrogens with zero attached hydrogens (tertiary/aromatic N) is 1. The Hall–Kier alpha value is -1.07. The van der Waals surface area contributed by atoms with Crippen molar-refractivity contribution >= 4 is 27.5 Å². The molecule has 1 saturated heterocycles. The van der Waals surface area contributed by atoms with Crippen LogP contribution in [0.5, 0.6) is 0 Å². The van der Waals surface area contributed by atoms with Crippen molar-refractivity contribution in [2.75, 3.05) is 31.2 Å². The fourth-order valence-corrected chi connectivity index (χ4v) is 2.42. The number of benzene rings is 1. The second kappa shape index (κ2) is 4.84. The van der Waals surface area contributed by atoms with E-state index in [1.54, 1.807) is 0 Å². The summed E-state index contributed by atoms with van der Waals surface area (Å²) in [5.74, 6) is 0.0916. The molecule has 16 heavy (non-hydrogen) atoms. The molecule has 0 bridgehead atoms. The van der Waals surface area contributed by atoms with Crippen molar-refractivity contribution in [3.63, 3.8) is 0 Å². The van der Waals surface area contributed by atoms with E-state index in [0.29, 0.717) is 0 Å². The van der Waals surface area contributed by atoms with E-state index in [1.165, 1.54) is 0 Å². The van der Waals surface area contributed by atoms with Gasteiger partial charge in [0.05, 0.1) is 18.8 Å². The number of rotatable bonds is 2. The predicted molar refractivity (Wildman–Crippen MR) is 68.2 cm³/mol. The highest BCUT2D eigenvalue weighted by atomic mass is 79.9. The van der Waals surface area contributed by atoms with E-state index in [0.717, 1.165) is 42.0 Å². The molecule has 1 aliphatic rings. The SMILES string of the molecule is N=C(N)c1c(Br)cccc1N1CCOCC1. The van der Waals surface area contributed by atoms with Gasteiger partial charge >= 0.3 is 0 Å². The Labute approximate surface area is 103 Å². The molecule has 0 aromatic heterocycles. The van der Waals surface area contributed by atoms with E-state index in [2.05, 4.69) is 20.8 Å². The Morgan fingerprint density at radius 3 is 2.69 bits per heavy atom. The Balaban J connectivity index is 2.38. The fourth-order valence-electron chi connectivity index (χ4n) is 1.85. The summed E-state index contributed by atoms with van der Waals surface area (Å²) in [6, 6.07) is 5.86. The molecule has 4 nitrogen and oxygen atoms in total. The van der Waals surface area contributed by atoms with Gasteiger partial charge in [-0.25, -0.2) is 0 Å². The first-order valence-corrected chi connectivity index (χ1v) is 5.95. The summed E-state index contributed by atoms with van der Waals surface area (Å²) in [5, 5.41) is 7.63. The van der Waals surface area contributed by atoms with Gasteiger partial charge in [-0.15, -0.1) is 0 Å². The topological polar surface area (TPSA) is 62.3 Å². The summed E-state index contributed by atoms with van der Waals surface area (Å²) in [6.07, 6.45) is 0. The maximum Gasteiger partial charge on any atom is 0.126 e. The number of ether oxygens (including phenoxy) is 1. The van der Waals surface area contributed by atoms with Crippen LogP contribution in [0.25, 0.3) is 0 Å². The summed E-state index contributed by atoms with van der Waals surface area (Å²) in [4.78, 5) is 2.20. The number of nitrogens with two attached hydrogens (primary N) is 1. The number of morpholine rings is 1. The molecule has 1 aromatic rings. The standard InChI is InChI=1S/C11H14BrN3O/c12-8-2-1-3-9(10(8)11(13)14)15-4-6-16-7-5-15/h1-3H,4-7H2,(H3,13,14). The third kappa shape index (κ3) is 2.20. The molecule has 0 saturated carbocycles. The van der Waals surface area contributed by atoms with Crippen molar-refractivity contribution < 1.29 is 4.74 Å². The smallest absolute Gasteiger partial charge is 0.126 e. The van der Waals surface area contributed by atoms with Crippen LogP contribution in [0, 0.1) is 5.41 Å². The van der Waals surface area contributed by atoms with Gasteiger partial charge in [0.1, 0.15) is 5.84 Å². The fraction of sp³-hybridized carbons (Fsp3) is 0.364. The number of hydrogen-bond acceptors (Lipinski definition) is 3. The molecule has 1 aliphatic heterocycles. The highest BCUT2D eigenvalue weighted by Crippen LogP contribution is 2.27. The van der Waals surface area contributed by atoms with Crippen LogP contribution >= 0.6 is 15.9 Å². The van der Waals surface area contributed by atoms with Gasteiger partial charge in [-0.3, -0.25) is 5.41 Å². The first kappa shape index (κ1) is 11.4. The van der Waals surface area contributed by atoms with Crippen LogP contribution in [0.3, 0.4) is 0 Å². The molecule has 1 aromatic carbocycles. The van der Waals surface area contributed by atoms with Crippen molar-refractivity contribution in [3.05, 3.63) is 28.2 Å². The molecule has 0 atom stereocenters. The highest BCUT2D eigenvalue weighted by Gasteiger charge is 2.17. The van der Waals surface area contributed by atoms with Gasteiger partial charge in [0.25, 0.3) is 0 Å². The molecule has 0 aliphatic carbocycles. The molecule has 1 heterocycles.